The van der Waals surface area contributed by atoms with Gasteiger partial charge in [0, 0.05) is 18.9 Å². The summed E-state index contributed by atoms with van der Waals surface area (Å²) in [5.41, 5.74) is 2.84. The number of nitrogens with one attached hydrogen (secondary N) is 1. The molecule has 1 aromatic heterocycles. The third-order valence-corrected chi connectivity index (χ3v) is 2.66. The molecule has 0 radical (unpaired) electrons. The van der Waals surface area contributed by atoms with Crippen LogP contribution in [-0.4, -0.2) is 4.98 Å². The fourth-order valence-corrected chi connectivity index (χ4v) is 1.62. The molecule has 0 unspecified atom stereocenters. The minimum atomic E-state index is -0.395. The van der Waals surface area contributed by atoms with Crippen molar-refractivity contribution in [3.05, 3.63) is 58.6 Å². The summed E-state index contributed by atoms with van der Waals surface area (Å²) < 4.78 is 13.2. The van der Waals surface area contributed by atoms with Gasteiger partial charge in [0.15, 0.2) is 0 Å². The van der Waals surface area contributed by atoms with Crippen molar-refractivity contribution in [3.8, 4) is 0 Å². The molecule has 0 amide bonds. The first kappa shape index (κ1) is 11.9. The molecule has 0 saturated heterocycles. The average molecular weight is 251 g/mol. The molecule has 1 aromatic carbocycles. The normalized spacial score (nSPS) is 10.3. The van der Waals surface area contributed by atoms with Crippen molar-refractivity contribution in [2.45, 2.75) is 13.5 Å². The van der Waals surface area contributed by atoms with E-state index in [1.54, 1.807) is 24.5 Å². The van der Waals surface area contributed by atoms with Crippen molar-refractivity contribution in [2.75, 3.05) is 5.32 Å². The summed E-state index contributed by atoms with van der Waals surface area (Å²) >= 11 is 5.61. The van der Waals surface area contributed by atoms with E-state index in [0.717, 1.165) is 16.8 Å². The molecule has 17 heavy (non-hydrogen) atoms. The molecule has 1 heterocycles. The van der Waals surface area contributed by atoms with E-state index in [1.165, 1.54) is 6.07 Å². The lowest BCUT2D eigenvalue weighted by Gasteiger charge is -2.07. The van der Waals surface area contributed by atoms with Gasteiger partial charge < -0.3 is 5.32 Å². The van der Waals surface area contributed by atoms with Gasteiger partial charge in [-0.1, -0.05) is 17.7 Å². The number of pyridine rings is 1. The number of hydrogen-bond donors (Lipinski definition) is 1. The largest absolute Gasteiger partial charge is 0.380 e. The van der Waals surface area contributed by atoms with Crippen LogP contribution in [0.2, 0.25) is 5.02 Å². The highest BCUT2D eigenvalue weighted by molar-refractivity contribution is 6.30. The SMILES string of the molecule is Cc1cncc(NCc2ccc(Cl)c(F)c2)c1. The number of aryl methyl sites for hydroxylation is 1. The molecular formula is C13H12ClFN2. The molecule has 4 heteroatoms. The smallest absolute Gasteiger partial charge is 0.142 e. The van der Waals surface area contributed by atoms with Crippen molar-refractivity contribution in [2.24, 2.45) is 0 Å². The van der Waals surface area contributed by atoms with Gasteiger partial charge in [0.2, 0.25) is 0 Å². The first-order chi connectivity index (χ1) is 8.15. The summed E-state index contributed by atoms with van der Waals surface area (Å²) in [5, 5.41) is 3.32. The number of aromatic nitrogens is 1. The number of anilines is 1. The lowest BCUT2D eigenvalue weighted by molar-refractivity contribution is 0.626. The van der Waals surface area contributed by atoms with Crippen LogP contribution in [0.4, 0.5) is 10.1 Å². The number of hydrogen-bond acceptors (Lipinski definition) is 2. The van der Waals surface area contributed by atoms with Crippen molar-refractivity contribution >= 4 is 17.3 Å². The van der Waals surface area contributed by atoms with Gasteiger partial charge in [-0.05, 0) is 36.2 Å². The number of benzene rings is 1. The summed E-state index contributed by atoms with van der Waals surface area (Å²) in [6.45, 7) is 2.51. The fraction of sp³-hybridized carbons (Fsp3) is 0.154. The first-order valence-electron chi connectivity index (χ1n) is 5.24. The van der Waals surface area contributed by atoms with Crippen LogP contribution in [0, 0.1) is 12.7 Å². The minimum absolute atomic E-state index is 0.144. The van der Waals surface area contributed by atoms with Gasteiger partial charge in [-0.3, -0.25) is 4.98 Å². The van der Waals surface area contributed by atoms with Crippen molar-refractivity contribution in [1.82, 2.24) is 4.98 Å². The third kappa shape index (κ3) is 3.17. The monoisotopic (exact) mass is 250 g/mol. The Hall–Kier alpha value is -1.61. The highest BCUT2D eigenvalue weighted by atomic mass is 35.5. The Morgan fingerprint density at radius 1 is 1.29 bits per heavy atom. The first-order valence-corrected chi connectivity index (χ1v) is 5.62. The van der Waals surface area contributed by atoms with E-state index in [2.05, 4.69) is 10.3 Å². The molecule has 0 aliphatic rings. The molecule has 2 aromatic rings. The molecule has 0 atom stereocenters. The summed E-state index contributed by atoms with van der Waals surface area (Å²) in [4.78, 5) is 4.07. The Morgan fingerprint density at radius 3 is 2.82 bits per heavy atom. The van der Waals surface area contributed by atoms with E-state index in [9.17, 15) is 4.39 Å². The van der Waals surface area contributed by atoms with Crippen LogP contribution < -0.4 is 5.32 Å². The van der Waals surface area contributed by atoms with E-state index < -0.39 is 5.82 Å². The van der Waals surface area contributed by atoms with Crippen LogP contribution in [0.15, 0.2) is 36.7 Å². The van der Waals surface area contributed by atoms with Gasteiger partial charge in [-0.25, -0.2) is 4.39 Å². The third-order valence-electron chi connectivity index (χ3n) is 2.36. The standard InChI is InChI=1S/C13H12ClFN2/c1-9-4-11(8-16-6-9)17-7-10-2-3-12(14)13(15)5-10/h2-6,8,17H,7H2,1H3. The summed E-state index contributed by atoms with van der Waals surface area (Å²) in [6.07, 6.45) is 3.52. The Kier molecular flexibility index (Phi) is 3.59. The van der Waals surface area contributed by atoms with Gasteiger partial charge >= 0.3 is 0 Å². The number of halogens is 2. The van der Waals surface area contributed by atoms with Crippen LogP contribution in [0.25, 0.3) is 0 Å². The Balaban J connectivity index is 2.05. The van der Waals surface area contributed by atoms with Crippen molar-refractivity contribution in [1.29, 1.82) is 0 Å². The predicted octanol–water partition coefficient (Wildman–Crippen LogP) is 3.79. The number of nitrogens with zero attached hydrogens (tertiary/aromatic N) is 1. The molecule has 0 spiro atoms. The fourth-order valence-electron chi connectivity index (χ4n) is 1.51. The maximum absolute atomic E-state index is 13.2. The summed E-state index contributed by atoms with van der Waals surface area (Å²) in [6, 6.07) is 6.77. The van der Waals surface area contributed by atoms with E-state index >= 15 is 0 Å². The predicted molar refractivity (Wildman–Crippen MR) is 67.7 cm³/mol. The molecule has 88 valence electrons. The zero-order valence-electron chi connectivity index (χ0n) is 9.37. The Morgan fingerprint density at radius 2 is 2.12 bits per heavy atom. The summed E-state index contributed by atoms with van der Waals surface area (Å²) in [5.74, 6) is -0.395. The average Bonchev–Trinajstić information content (AvgIpc) is 2.31. The van der Waals surface area contributed by atoms with Gasteiger partial charge in [0.25, 0.3) is 0 Å². The highest BCUT2D eigenvalue weighted by Crippen LogP contribution is 2.16. The highest BCUT2D eigenvalue weighted by Gasteiger charge is 2.01. The minimum Gasteiger partial charge on any atom is -0.380 e. The van der Waals surface area contributed by atoms with Gasteiger partial charge in [-0.2, -0.15) is 0 Å². The lowest BCUT2D eigenvalue weighted by Crippen LogP contribution is -2.00. The quantitative estimate of drug-likeness (QED) is 0.896. The van der Waals surface area contributed by atoms with Crippen LogP contribution >= 0.6 is 11.6 Å². The lowest BCUT2D eigenvalue weighted by atomic mass is 10.2. The zero-order valence-corrected chi connectivity index (χ0v) is 10.1. The van der Waals surface area contributed by atoms with E-state index in [-0.39, 0.29) is 5.02 Å². The van der Waals surface area contributed by atoms with Crippen LogP contribution in [-0.2, 0) is 6.54 Å². The van der Waals surface area contributed by atoms with Crippen LogP contribution in [0.3, 0.4) is 0 Å². The second-order valence-corrected chi connectivity index (χ2v) is 4.26. The molecule has 2 rings (SSSR count). The maximum Gasteiger partial charge on any atom is 0.142 e. The maximum atomic E-state index is 13.2. The van der Waals surface area contributed by atoms with Gasteiger partial charge in [0.1, 0.15) is 5.82 Å². The topological polar surface area (TPSA) is 24.9 Å². The van der Waals surface area contributed by atoms with Gasteiger partial charge in [-0.15, -0.1) is 0 Å². The Bertz CT molecular complexity index is 529. The molecule has 0 aliphatic carbocycles. The Labute approximate surface area is 104 Å². The van der Waals surface area contributed by atoms with Gasteiger partial charge in [0.05, 0.1) is 10.7 Å². The van der Waals surface area contributed by atoms with Crippen LogP contribution in [0.1, 0.15) is 11.1 Å². The molecule has 0 saturated carbocycles. The number of rotatable bonds is 3. The zero-order chi connectivity index (χ0) is 12.3. The van der Waals surface area contributed by atoms with E-state index in [0.29, 0.717) is 6.54 Å². The summed E-state index contributed by atoms with van der Waals surface area (Å²) in [7, 11) is 0. The van der Waals surface area contributed by atoms with E-state index in [1.807, 2.05) is 13.0 Å². The molecule has 2 nitrogen and oxygen atoms in total. The molecule has 1 N–H and O–H groups in total. The second kappa shape index (κ2) is 5.15. The molecule has 0 bridgehead atoms. The van der Waals surface area contributed by atoms with Crippen molar-refractivity contribution in [3.63, 3.8) is 0 Å². The van der Waals surface area contributed by atoms with E-state index in [4.69, 9.17) is 11.6 Å². The molecular weight excluding hydrogens is 239 g/mol. The molecule has 0 fully saturated rings. The molecule has 0 aliphatic heterocycles. The second-order valence-electron chi connectivity index (χ2n) is 3.85. The van der Waals surface area contributed by atoms with Crippen molar-refractivity contribution < 1.29 is 4.39 Å². The van der Waals surface area contributed by atoms with Crippen LogP contribution in [0.5, 0.6) is 0 Å².